The summed E-state index contributed by atoms with van der Waals surface area (Å²) in [5, 5.41) is 2.76. The van der Waals surface area contributed by atoms with Gasteiger partial charge in [0, 0.05) is 4.47 Å². The number of amides is 2. The standard InChI is InChI=1S/C14H13BrN2O/c15-12-9-5-4-8-11(12)13(17-14(16)18)10-6-2-1-3-7-10/h1-9,13H,(H3,16,17,18)/t13-/m1/s1. The molecule has 0 spiro atoms. The molecule has 0 aromatic heterocycles. The van der Waals surface area contributed by atoms with Crippen LogP contribution in [0.5, 0.6) is 0 Å². The van der Waals surface area contributed by atoms with E-state index in [0.29, 0.717) is 0 Å². The van der Waals surface area contributed by atoms with Crippen LogP contribution in [0.2, 0.25) is 0 Å². The lowest BCUT2D eigenvalue weighted by Crippen LogP contribution is -2.33. The maximum absolute atomic E-state index is 11.2. The van der Waals surface area contributed by atoms with Crippen LogP contribution in [0.4, 0.5) is 4.79 Å². The Morgan fingerprint density at radius 1 is 1.06 bits per heavy atom. The summed E-state index contributed by atoms with van der Waals surface area (Å²) in [4.78, 5) is 11.2. The molecule has 18 heavy (non-hydrogen) atoms. The number of carbonyl (C=O) groups is 1. The van der Waals surface area contributed by atoms with Crippen LogP contribution in [0, 0.1) is 0 Å². The summed E-state index contributed by atoms with van der Waals surface area (Å²) in [5.74, 6) is 0. The maximum atomic E-state index is 11.2. The van der Waals surface area contributed by atoms with Gasteiger partial charge in [-0.1, -0.05) is 64.5 Å². The van der Waals surface area contributed by atoms with Gasteiger partial charge in [0.2, 0.25) is 0 Å². The first-order valence-corrected chi connectivity index (χ1v) is 6.33. The van der Waals surface area contributed by atoms with E-state index in [0.717, 1.165) is 15.6 Å². The van der Waals surface area contributed by atoms with Crippen LogP contribution in [0.25, 0.3) is 0 Å². The maximum Gasteiger partial charge on any atom is 0.312 e. The molecular weight excluding hydrogens is 292 g/mol. The minimum absolute atomic E-state index is 0.251. The lowest BCUT2D eigenvalue weighted by Gasteiger charge is -2.19. The third-order valence-electron chi connectivity index (χ3n) is 2.64. The second-order valence-electron chi connectivity index (χ2n) is 3.87. The lowest BCUT2D eigenvalue weighted by atomic mass is 9.99. The van der Waals surface area contributed by atoms with Crippen LogP contribution in [-0.2, 0) is 0 Å². The van der Waals surface area contributed by atoms with E-state index in [1.165, 1.54) is 0 Å². The van der Waals surface area contributed by atoms with Gasteiger partial charge in [-0.15, -0.1) is 0 Å². The van der Waals surface area contributed by atoms with E-state index in [1.807, 2.05) is 54.6 Å². The molecule has 2 amide bonds. The summed E-state index contributed by atoms with van der Waals surface area (Å²) >= 11 is 3.49. The molecule has 0 aliphatic carbocycles. The molecule has 0 fully saturated rings. The largest absolute Gasteiger partial charge is 0.352 e. The Kier molecular flexibility index (Phi) is 3.99. The molecular formula is C14H13BrN2O. The monoisotopic (exact) mass is 304 g/mol. The van der Waals surface area contributed by atoms with Crippen molar-refractivity contribution in [3.05, 3.63) is 70.2 Å². The van der Waals surface area contributed by atoms with Gasteiger partial charge in [-0.2, -0.15) is 0 Å². The fourth-order valence-corrected chi connectivity index (χ4v) is 2.35. The number of nitrogens with one attached hydrogen (secondary N) is 1. The van der Waals surface area contributed by atoms with Gasteiger partial charge >= 0.3 is 6.03 Å². The Labute approximate surface area is 114 Å². The van der Waals surface area contributed by atoms with Crippen molar-refractivity contribution in [1.29, 1.82) is 0 Å². The van der Waals surface area contributed by atoms with Crippen LogP contribution >= 0.6 is 15.9 Å². The van der Waals surface area contributed by atoms with Crippen molar-refractivity contribution in [3.8, 4) is 0 Å². The summed E-state index contributed by atoms with van der Waals surface area (Å²) in [6.45, 7) is 0. The van der Waals surface area contributed by atoms with Gasteiger partial charge in [-0.05, 0) is 17.2 Å². The van der Waals surface area contributed by atoms with Crippen LogP contribution in [-0.4, -0.2) is 6.03 Å². The zero-order valence-electron chi connectivity index (χ0n) is 9.64. The van der Waals surface area contributed by atoms with E-state index >= 15 is 0 Å². The lowest BCUT2D eigenvalue weighted by molar-refractivity contribution is 0.247. The minimum atomic E-state index is -0.542. The highest BCUT2D eigenvalue weighted by atomic mass is 79.9. The number of rotatable bonds is 3. The summed E-state index contributed by atoms with van der Waals surface area (Å²) in [6, 6.07) is 16.7. The van der Waals surface area contributed by atoms with E-state index in [1.54, 1.807) is 0 Å². The van der Waals surface area contributed by atoms with Gasteiger partial charge < -0.3 is 11.1 Å². The molecule has 2 aromatic carbocycles. The van der Waals surface area contributed by atoms with Crippen LogP contribution in [0.15, 0.2) is 59.1 Å². The van der Waals surface area contributed by atoms with E-state index in [9.17, 15) is 4.79 Å². The number of benzene rings is 2. The van der Waals surface area contributed by atoms with Crippen LogP contribution < -0.4 is 11.1 Å². The molecule has 0 aliphatic heterocycles. The van der Waals surface area contributed by atoms with E-state index in [-0.39, 0.29) is 6.04 Å². The number of nitrogens with two attached hydrogens (primary N) is 1. The topological polar surface area (TPSA) is 55.1 Å². The Morgan fingerprint density at radius 2 is 1.67 bits per heavy atom. The quantitative estimate of drug-likeness (QED) is 0.899. The highest BCUT2D eigenvalue weighted by Crippen LogP contribution is 2.28. The smallest absolute Gasteiger partial charge is 0.312 e. The van der Waals surface area contributed by atoms with Gasteiger partial charge in [-0.3, -0.25) is 0 Å². The number of urea groups is 1. The van der Waals surface area contributed by atoms with Gasteiger partial charge in [0.25, 0.3) is 0 Å². The summed E-state index contributed by atoms with van der Waals surface area (Å²) in [5.41, 5.74) is 7.22. The first kappa shape index (κ1) is 12.6. The van der Waals surface area contributed by atoms with Crippen LogP contribution in [0.1, 0.15) is 17.2 Å². The zero-order chi connectivity index (χ0) is 13.0. The number of hydrogen-bond acceptors (Lipinski definition) is 1. The van der Waals surface area contributed by atoms with Crippen molar-refractivity contribution < 1.29 is 4.79 Å². The molecule has 3 N–H and O–H groups in total. The molecule has 2 aromatic rings. The van der Waals surface area contributed by atoms with Gasteiger partial charge in [0.1, 0.15) is 0 Å². The summed E-state index contributed by atoms with van der Waals surface area (Å²) in [7, 11) is 0. The minimum Gasteiger partial charge on any atom is -0.352 e. The van der Waals surface area contributed by atoms with Crippen molar-refractivity contribution in [2.24, 2.45) is 5.73 Å². The second kappa shape index (κ2) is 5.69. The molecule has 0 unspecified atom stereocenters. The first-order valence-electron chi connectivity index (χ1n) is 5.54. The fourth-order valence-electron chi connectivity index (χ4n) is 1.84. The average Bonchev–Trinajstić information content (AvgIpc) is 2.38. The Morgan fingerprint density at radius 3 is 2.28 bits per heavy atom. The summed E-state index contributed by atoms with van der Waals surface area (Å²) < 4.78 is 0.938. The Balaban J connectivity index is 2.44. The Bertz CT molecular complexity index is 543. The first-order chi connectivity index (χ1) is 8.68. The molecule has 4 heteroatoms. The number of primary amides is 1. The number of carbonyl (C=O) groups excluding carboxylic acids is 1. The second-order valence-corrected chi connectivity index (χ2v) is 4.73. The summed E-state index contributed by atoms with van der Waals surface area (Å²) in [6.07, 6.45) is 0. The highest BCUT2D eigenvalue weighted by Gasteiger charge is 2.17. The molecule has 0 radical (unpaired) electrons. The highest BCUT2D eigenvalue weighted by molar-refractivity contribution is 9.10. The average molecular weight is 305 g/mol. The molecule has 0 heterocycles. The molecule has 0 saturated carbocycles. The van der Waals surface area contributed by atoms with Gasteiger partial charge in [0.15, 0.2) is 0 Å². The van der Waals surface area contributed by atoms with Crippen molar-refractivity contribution in [1.82, 2.24) is 5.32 Å². The normalized spacial score (nSPS) is 11.8. The molecule has 92 valence electrons. The predicted octanol–water partition coefficient (Wildman–Crippen LogP) is 3.21. The predicted molar refractivity (Wildman–Crippen MR) is 75.1 cm³/mol. The fraction of sp³-hybridized carbons (Fsp3) is 0.0714. The molecule has 3 nitrogen and oxygen atoms in total. The van der Waals surface area contributed by atoms with Crippen LogP contribution in [0.3, 0.4) is 0 Å². The van der Waals surface area contributed by atoms with Crippen molar-refractivity contribution in [3.63, 3.8) is 0 Å². The van der Waals surface area contributed by atoms with Crippen molar-refractivity contribution in [2.75, 3.05) is 0 Å². The van der Waals surface area contributed by atoms with Gasteiger partial charge in [0.05, 0.1) is 6.04 Å². The number of hydrogen-bond donors (Lipinski definition) is 2. The Hall–Kier alpha value is -1.81. The molecule has 0 aliphatic rings. The molecule has 1 atom stereocenters. The number of halogens is 1. The SMILES string of the molecule is NC(=O)N[C@H](c1ccccc1)c1ccccc1Br. The molecule has 0 saturated heterocycles. The third-order valence-corrected chi connectivity index (χ3v) is 3.36. The molecule has 2 rings (SSSR count). The zero-order valence-corrected chi connectivity index (χ0v) is 11.2. The van der Waals surface area contributed by atoms with E-state index in [4.69, 9.17) is 5.73 Å². The van der Waals surface area contributed by atoms with Gasteiger partial charge in [-0.25, -0.2) is 4.79 Å². The van der Waals surface area contributed by atoms with Crippen molar-refractivity contribution >= 4 is 22.0 Å². The van der Waals surface area contributed by atoms with Crippen molar-refractivity contribution in [2.45, 2.75) is 6.04 Å². The third kappa shape index (κ3) is 2.90. The van der Waals surface area contributed by atoms with E-state index < -0.39 is 6.03 Å². The van der Waals surface area contributed by atoms with E-state index in [2.05, 4.69) is 21.2 Å². The molecule has 0 bridgehead atoms.